The van der Waals surface area contributed by atoms with Gasteiger partial charge in [0.2, 0.25) is 0 Å². The summed E-state index contributed by atoms with van der Waals surface area (Å²) in [6, 6.07) is 15.0. The Hall–Kier alpha value is -3.74. The van der Waals surface area contributed by atoms with E-state index in [-0.39, 0.29) is 28.9 Å². The van der Waals surface area contributed by atoms with Crippen LogP contribution in [0.5, 0.6) is 0 Å². The van der Waals surface area contributed by atoms with Crippen molar-refractivity contribution in [3.63, 3.8) is 0 Å². The molecule has 0 spiro atoms. The zero-order valence-corrected chi connectivity index (χ0v) is 25.3. The molecule has 1 aromatic heterocycles. The number of hydrogen-bond acceptors (Lipinski definition) is 3. The van der Waals surface area contributed by atoms with Crippen LogP contribution in [-0.4, -0.2) is 15.4 Å². The summed E-state index contributed by atoms with van der Waals surface area (Å²) < 4.78 is 46.3. The van der Waals surface area contributed by atoms with Crippen molar-refractivity contribution in [2.45, 2.75) is 68.7 Å². The fraction of sp³-hybridized carbons (Fsp3) is 0.303. The van der Waals surface area contributed by atoms with Gasteiger partial charge >= 0.3 is 0 Å². The lowest BCUT2D eigenvalue weighted by atomic mass is 9.83. The van der Waals surface area contributed by atoms with E-state index in [1.165, 1.54) is 36.0 Å². The maximum absolute atomic E-state index is 15.2. The van der Waals surface area contributed by atoms with E-state index in [0.29, 0.717) is 41.4 Å². The molecule has 2 N–H and O–H groups in total. The fourth-order valence-electron chi connectivity index (χ4n) is 5.58. The number of hydrogen-bond donors (Lipinski definition) is 1. The second-order valence-electron chi connectivity index (χ2n) is 10.7. The Morgan fingerprint density at radius 1 is 1.12 bits per heavy atom. The zero-order valence-electron chi connectivity index (χ0n) is 23.7. The van der Waals surface area contributed by atoms with Crippen molar-refractivity contribution in [2.24, 2.45) is 10.8 Å². The second kappa shape index (κ2) is 13.7. The standard InChI is InChI=1S/C33H31ClF3N5S/c1-20-16-22(10-15-27(20)34)25-7-5-8-30-32(25)42(24-13-11-23(35)12-14-24)33(40-30)43-19-26-28(36)17-21(18-29(26)37)6-3-4-9-31(38)41-39-2/h10-18,25H,3-9,19H2,1H3,(H2,38,41). The number of nitrogens with zero attached hydrogens (tertiary/aromatic N) is 4. The first-order valence-electron chi connectivity index (χ1n) is 14.2. The second-order valence-corrected chi connectivity index (χ2v) is 12.1. The van der Waals surface area contributed by atoms with E-state index in [4.69, 9.17) is 28.9 Å². The van der Waals surface area contributed by atoms with Crippen molar-refractivity contribution < 1.29 is 13.2 Å². The van der Waals surface area contributed by atoms with Crippen LogP contribution < -0.4 is 5.73 Å². The van der Waals surface area contributed by atoms with E-state index in [1.807, 2.05) is 23.6 Å². The molecule has 1 heterocycles. The average molecular weight is 622 g/mol. The number of fused-ring (bicyclic) bond motifs is 1. The first-order chi connectivity index (χ1) is 20.7. The Balaban J connectivity index is 1.42. The number of amidine groups is 1. The Morgan fingerprint density at radius 3 is 2.56 bits per heavy atom. The van der Waals surface area contributed by atoms with Crippen LogP contribution in [0, 0.1) is 30.9 Å². The van der Waals surface area contributed by atoms with Gasteiger partial charge < -0.3 is 5.73 Å². The maximum atomic E-state index is 15.2. The van der Waals surface area contributed by atoms with E-state index < -0.39 is 11.6 Å². The summed E-state index contributed by atoms with van der Waals surface area (Å²) in [6.07, 6.45) is 4.93. The van der Waals surface area contributed by atoms with Crippen LogP contribution in [0.3, 0.4) is 0 Å². The quantitative estimate of drug-likeness (QED) is 0.0480. The van der Waals surface area contributed by atoms with Crippen LogP contribution in [0.25, 0.3) is 10.6 Å². The van der Waals surface area contributed by atoms with Crippen LogP contribution in [0.4, 0.5) is 13.2 Å². The molecule has 3 aromatic carbocycles. The molecule has 0 amide bonds. The number of benzene rings is 3. The molecule has 1 aliphatic rings. The van der Waals surface area contributed by atoms with Gasteiger partial charge in [-0.1, -0.05) is 35.5 Å². The number of unbranched alkanes of at least 4 members (excludes halogenated alkanes) is 1. The van der Waals surface area contributed by atoms with E-state index in [2.05, 4.69) is 16.1 Å². The van der Waals surface area contributed by atoms with Crippen LogP contribution in [0.15, 0.2) is 64.9 Å². The molecule has 0 saturated carbocycles. The molecule has 0 bridgehead atoms. The lowest BCUT2D eigenvalue weighted by Gasteiger charge is -2.25. The molecule has 0 aliphatic heterocycles. The molecule has 1 atom stereocenters. The van der Waals surface area contributed by atoms with Gasteiger partial charge in [0.05, 0.1) is 11.4 Å². The molecule has 10 heteroatoms. The molecular formula is C33H31ClF3N5S. The van der Waals surface area contributed by atoms with Gasteiger partial charge in [-0.3, -0.25) is 4.57 Å². The Bertz CT molecular complexity index is 1670. The maximum Gasteiger partial charge on any atom is 0.183 e. The average Bonchev–Trinajstić information content (AvgIpc) is 3.35. The SMILES string of the molecule is [C-]#[N+]/N=C(\N)CCCCc1cc(F)c(CSc2nc3c(n2-c2ccc(F)cc2)C(c2ccc(Cl)c(C)c2)CCC3)c(F)c1. The third-order valence-electron chi connectivity index (χ3n) is 7.74. The molecule has 0 fully saturated rings. The molecule has 222 valence electrons. The van der Waals surface area contributed by atoms with Crippen LogP contribution in [0.1, 0.15) is 71.7 Å². The summed E-state index contributed by atoms with van der Waals surface area (Å²) in [6.45, 7) is 8.69. The summed E-state index contributed by atoms with van der Waals surface area (Å²) in [5.41, 5.74) is 11.0. The van der Waals surface area contributed by atoms with Crippen LogP contribution in [-0.2, 0) is 18.6 Å². The number of thioether (sulfide) groups is 1. The molecule has 0 radical (unpaired) electrons. The number of imidazole rings is 1. The van der Waals surface area contributed by atoms with Crippen molar-refractivity contribution in [1.29, 1.82) is 0 Å². The minimum atomic E-state index is -0.601. The van der Waals surface area contributed by atoms with Crippen molar-refractivity contribution in [3.05, 3.63) is 122 Å². The fourth-order valence-corrected chi connectivity index (χ4v) is 6.75. The van der Waals surface area contributed by atoms with Crippen molar-refractivity contribution in [2.75, 3.05) is 0 Å². The normalized spacial score (nSPS) is 14.9. The summed E-state index contributed by atoms with van der Waals surface area (Å²) in [5, 5.41) is 4.78. The first-order valence-corrected chi connectivity index (χ1v) is 15.5. The first kappa shape index (κ1) is 30.7. The highest BCUT2D eigenvalue weighted by Crippen LogP contribution is 2.42. The molecule has 1 aliphatic carbocycles. The zero-order chi connectivity index (χ0) is 30.5. The minimum Gasteiger partial charge on any atom is -0.381 e. The molecule has 5 rings (SSSR count). The van der Waals surface area contributed by atoms with Gasteiger partial charge in [-0.05, 0) is 105 Å². The molecule has 5 nitrogen and oxygen atoms in total. The number of halogens is 4. The van der Waals surface area contributed by atoms with Gasteiger partial charge in [0.25, 0.3) is 0 Å². The number of nitrogens with two attached hydrogens (primary N) is 1. The largest absolute Gasteiger partial charge is 0.381 e. The summed E-state index contributed by atoms with van der Waals surface area (Å²) in [7, 11) is 0. The third kappa shape index (κ3) is 7.09. The smallest absolute Gasteiger partial charge is 0.183 e. The van der Waals surface area contributed by atoms with Crippen molar-refractivity contribution in [1.82, 2.24) is 9.55 Å². The molecule has 43 heavy (non-hydrogen) atoms. The van der Waals surface area contributed by atoms with Gasteiger partial charge in [-0.2, -0.15) is 6.57 Å². The van der Waals surface area contributed by atoms with Gasteiger partial charge in [0.15, 0.2) is 11.0 Å². The Kier molecular flexibility index (Phi) is 9.79. The number of rotatable bonds is 10. The van der Waals surface area contributed by atoms with Gasteiger partial charge in [-0.25, -0.2) is 18.2 Å². The van der Waals surface area contributed by atoms with E-state index >= 15 is 8.78 Å². The Morgan fingerprint density at radius 2 is 1.86 bits per heavy atom. The number of aryl methyl sites for hydroxylation is 3. The van der Waals surface area contributed by atoms with E-state index in [0.717, 1.165) is 47.5 Å². The molecule has 1 unspecified atom stereocenters. The third-order valence-corrected chi connectivity index (χ3v) is 9.13. The van der Waals surface area contributed by atoms with Gasteiger partial charge in [0, 0.05) is 34.4 Å². The predicted molar refractivity (Wildman–Crippen MR) is 166 cm³/mol. The predicted octanol–water partition coefficient (Wildman–Crippen LogP) is 8.92. The topological polar surface area (TPSA) is 60.6 Å². The van der Waals surface area contributed by atoms with Crippen molar-refractivity contribution >= 4 is 29.2 Å². The molecule has 0 saturated heterocycles. The summed E-state index contributed by atoms with van der Waals surface area (Å²) >= 11 is 7.58. The molecular weight excluding hydrogens is 591 g/mol. The minimum absolute atomic E-state index is 0.0151. The summed E-state index contributed by atoms with van der Waals surface area (Å²) in [4.78, 5) is 7.86. The van der Waals surface area contributed by atoms with Crippen molar-refractivity contribution in [3.8, 4) is 5.69 Å². The lowest BCUT2D eigenvalue weighted by molar-refractivity contribution is 0.561. The van der Waals surface area contributed by atoms with Gasteiger partial charge in [-0.15, -0.1) is 4.95 Å². The van der Waals surface area contributed by atoms with E-state index in [9.17, 15) is 4.39 Å². The lowest BCUT2D eigenvalue weighted by Crippen LogP contribution is -2.15. The van der Waals surface area contributed by atoms with Crippen LogP contribution >= 0.6 is 23.4 Å². The van der Waals surface area contributed by atoms with Gasteiger partial charge in [0.1, 0.15) is 22.6 Å². The molecule has 4 aromatic rings. The van der Waals surface area contributed by atoms with E-state index in [1.54, 1.807) is 12.1 Å². The monoisotopic (exact) mass is 621 g/mol. The highest BCUT2D eigenvalue weighted by Gasteiger charge is 2.30. The highest BCUT2D eigenvalue weighted by molar-refractivity contribution is 7.98. The summed E-state index contributed by atoms with van der Waals surface area (Å²) in [5.74, 6) is -1.20. The van der Waals surface area contributed by atoms with Crippen LogP contribution in [0.2, 0.25) is 5.02 Å². The number of aromatic nitrogens is 2. The Labute approximate surface area is 258 Å². The highest BCUT2D eigenvalue weighted by atomic mass is 35.5.